The first kappa shape index (κ1) is 13.7. The second-order valence-electron chi connectivity index (χ2n) is 4.92. The van der Waals surface area contributed by atoms with E-state index < -0.39 is 0 Å². The van der Waals surface area contributed by atoms with Crippen LogP contribution in [0.1, 0.15) is 24.0 Å². The average molecular weight is 291 g/mol. The lowest BCUT2D eigenvalue weighted by atomic mass is 10.2. The smallest absolute Gasteiger partial charge is 0.223 e. The molecule has 1 unspecified atom stereocenters. The van der Waals surface area contributed by atoms with Crippen molar-refractivity contribution in [2.24, 2.45) is 7.05 Å². The molecule has 1 saturated heterocycles. The predicted octanol–water partition coefficient (Wildman–Crippen LogP) is -0.534. The van der Waals surface area contributed by atoms with Gasteiger partial charge in [0.2, 0.25) is 11.7 Å². The molecule has 3 rings (SSSR count). The highest BCUT2D eigenvalue weighted by Crippen LogP contribution is 2.18. The molecule has 0 radical (unpaired) electrons. The summed E-state index contributed by atoms with van der Waals surface area (Å²) in [5.74, 6) is 0.590. The third-order valence-corrected chi connectivity index (χ3v) is 3.59. The Balaban J connectivity index is 1.56. The van der Waals surface area contributed by atoms with Gasteiger partial charge in [0.05, 0.1) is 13.2 Å². The molecule has 1 aliphatic heterocycles. The largest absolute Gasteiger partial charge is 0.366 e. The number of hydrogen-bond acceptors (Lipinski definition) is 6. The highest BCUT2D eigenvalue weighted by molar-refractivity contribution is 5.76. The number of tetrazole rings is 1. The van der Waals surface area contributed by atoms with Gasteiger partial charge in [0.25, 0.3) is 0 Å². The van der Waals surface area contributed by atoms with Crippen molar-refractivity contribution < 1.29 is 9.53 Å². The van der Waals surface area contributed by atoms with Crippen molar-refractivity contribution in [3.8, 4) is 0 Å². The lowest BCUT2D eigenvalue weighted by Crippen LogP contribution is -2.42. The standard InChI is InChI=1S/C12H17N7O2/c1-18-9(4-5-13-18)2-3-11(20)19-6-7-21-10(8-19)12-14-16-17-15-12/h4-5,10H,2-3,6-8H2,1H3,(H,14,15,16,17). The minimum Gasteiger partial charge on any atom is -0.366 e. The van der Waals surface area contributed by atoms with E-state index in [4.69, 9.17) is 4.74 Å². The molecule has 1 N–H and O–H groups in total. The number of hydrogen-bond donors (Lipinski definition) is 1. The number of aromatic amines is 1. The zero-order valence-electron chi connectivity index (χ0n) is 11.8. The maximum atomic E-state index is 12.3. The van der Waals surface area contributed by atoms with Gasteiger partial charge in [-0.25, -0.2) is 0 Å². The SMILES string of the molecule is Cn1nccc1CCC(=O)N1CCOC(c2nn[nH]n2)C1. The maximum absolute atomic E-state index is 12.3. The molecule has 0 aliphatic carbocycles. The quantitative estimate of drug-likeness (QED) is 0.812. The number of nitrogens with zero attached hydrogens (tertiary/aromatic N) is 6. The first-order valence-corrected chi connectivity index (χ1v) is 6.83. The molecule has 9 nitrogen and oxygen atoms in total. The Morgan fingerprint density at radius 2 is 2.48 bits per heavy atom. The summed E-state index contributed by atoms with van der Waals surface area (Å²) in [7, 11) is 1.88. The van der Waals surface area contributed by atoms with Gasteiger partial charge in [-0.3, -0.25) is 9.48 Å². The van der Waals surface area contributed by atoms with E-state index in [0.717, 1.165) is 5.69 Å². The van der Waals surface area contributed by atoms with Crippen molar-refractivity contribution in [3.05, 3.63) is 23.8 Å². The summed E-state index contributed by atoms with van der Waals surface area (Å²) in [5, 5.41) is 17.8. The Hall–Kier alpha value is -2.29. The summed E-state index contributed by atoms with van der Waals surface area (Å²) in [6.45, 7) is 1.54. The first-order chi connectivity index (χ1) is 10.2. The summed E-state index contributed by atoms with van der Waals surface area (Å²) in [5.41, 5.74) is 1.05. The van der Waals surface area contributed by atoms with Gasteiger partial charge < -0.3 is 9.64 Å². The Kier molecular flexibility index (Phi) is 3.91. The molecule has 9 heteroatoms. The van der Waals surface area contributed by atoms with Crippen molar-refractivity contribution in [2.75, 3.05) is 19.7 Å². The maximum Gasteiger partial charge on any atom is 0.223 e. The number of amides is 1. The predicted molar refractivity (Wildman–Crippen MR) is 71.0 cm³/mol. The minimum atomic E-state index is -0.307. The van der Waals surface area contributed by atoms with Crippen LogP contribution in [-0.2, 0) is 23.0 Å². The average Bonchev–Trinajstić information content (AvgIpc) is 3.16. The molecule has 1 atom stereocenters. The van der Waals surface area contributed by atoms with Crippen LogP contribution < -0.4 is 0 Å². The van der Waals surface area contributed by atoms with Gasteiger partial charge in [-0.1, -0.05) is 5.21 Å². The lowest BCUT2D eigenvalue weighted by Gasteiger charge is -2.31. The number of ether oxygens (including phenoxy) is 1. The minimum absolute atomic E-state index is 0.105. The van der Waals surface area contributed by atoms with E-state index in [9.17, 15) is 4.79 Å². The van der Waals surface area contributed by atoms with E-state index in [-0.39, 0.29) is 12.0 Å². The summed E-state index contributed by atoms with van der Waals surface area (Å²) < 4.78 is 7.37. The van der Waals surface area contributed by atoms with E-state index >= 15 is 0 Å². The third kappa shape index (κ3) is 3.07. The Bertz CT molecular complexity index is 595. The van der Waals surface area contributed by atoms with Crippen LogP contribution >= 0.6 is 0 Å². The number of aryl methyl sites for hydroxylation is 2. The normalized spacial score (nSPS) is 18.9. The molecule has 3 heterocycles. The molecular weight excluding hydrogens is 274 g/mol. The van der Waals surface area contributed by atoms with Gasteiger partial charge in [-0.15, -0.1) is 10.2 Å². The summed E-state index contributed by atoms with van der Waals surface area (Å²) in [4.78, 5) is 14.1. The first-order valence-electron chi connectivity index (χ1n) is 6.83. The molecule has 0 spiro atoms. The molecule has 21 heavy (non-hydrogen) atoms. The fraction of sp³-hybridized carbons (Fsp3) is 0.583. The van der Waals surface area contributed by atoms with E-state index in [2.05, 4.69) is 25.7 Å². The van der Waals surface area contributed by atoms with Crippen LogP contribution in [0, 0.1) is 0 Å². The van der Waals surface area contributed by atoms with Crippen LogP contribution in [0.4, 0.5) is 0 Å². The Morgan fingerprint density at radius 1 is 1.57 bits per heavy atom. The zero-order chi connectivity index (χ0) is 14.7. The molecule has 1 amide bonds. The van der Waals surface area contributed by atoms with E-state index in [1.165, 1.54) is 0 Å². The third-order valence-electron chi connectivity index (χ3n) is 3.59. The summed E-state index contributed by atoms with van der Waals surface area (Å²) >= 11 is 0. The van der Waals surface area contributed by atoms with Crippen LogP contribution in [0.2, 0.25) is 0 Å². The van der Waals surface area contributed by atoms with Gasteiger partial charge >= 0.3 is 0 Å². The van der Waals surface area contributed by atoms with Crippen molar-refractivity contribution in [1.29, 1.82) is 0 Å². The highest BCUT2D eigenvalue weighted by Gasteiger charge is 2.27. The monoisotopic (exact) mass is 291 g/mol. The summed E-state index contributed by atoms with van der Waals surface area (Å²) in [6.07, 6.45) is 2.57. The molecule has 2 aromatic heterocycles. The number of carbonyl (C=O) groups excluding carboxylic acids is 1. The van der Waals surface area contributed by atoms with E-state index in [0.29, 0.717) is 38.4 Å². The molecule has 0 saturated carbocycles. The van der Waals surface area contributed by atoms with Crippen LogP contribution in [0.25, 0.3) is 0 Å². The number of aromatic nitrogens is 6. The Morgan fingerprint density at radius 3 is 3.19 bits per heavy atom. The second kappa shape index (κ2) is 6.00. The zero-order valence-corrected chi connectivity index (χ0v) is 11.8. The van der Waals surface area contributed by atoms with Crippen LogP contribution in [-0.4, -0.2) is 60.9 Å². The number of H-pyrrole nitrogens is 1. The number of morpholine rings is 1. The van der Waals surface area contributed by atoms with Crippen molar-refractivity contribution in [3.63, 3.8) is 0 Å². The molecule has 0 bridgehead atoms. The number of rotatable bonds is 4. The second-order valence-corrected chi connectivity index (χ2v) is 4.92. The molecular formula is C12H17N7O2. The van der Waals surface area contributed by atoms with Gasteiger partial charge in [0, 0.05) is 31.9 Å². The van der Waals surface area contributed by atoms with Crippen LogP contribution in [0.15, 0.2) is 12.3 Å². The van der Waals surface area contributed by atoms with Crippen molar-refractivity contribution in [1.82, 2.24) is 35.3 Å². The van der Waals surface area contributed by atoms with Crippen molar-refractivity contribution >= 4 is 5.91 Å². The van der Waals surface area contributed by atoms with Gasteiger partial charge in [-0.05, 0) is 12.5 Å². The number of nitrogens with one attached hydrogen (secondary N) is 1. The fourth-order valence-electron chi connectivity index (χ4n) is 2.38. The van der Waals surface area contributed by atoms with Gasteiger partial charge in [0.15, 0.2) is 0 Å². The molecule has 1 fully saturated rings. The molecule has 112 valence electrons. The van der Waals surface area contributed by atoms with Gasteiger partial charge in [-0.2, -0.15) is 10.3 Å². The van der Waals surface area contributed by atoms with Crippen molar-refractivity contribution in [2.45, 2.75) is 18.9 Å². The van der Waals surface area contributed by atoms with Crippen LogP contribution in [0.3, 0.4) is 0 Å². The Labute approximate surface area is 121 Å². The van der Waals surface area contributed by atoms with Crippen LogP contribution in [0.5, 0.6) is 0 Å². The number of carbonyl (C=O) groups is 1. The topological polar surface area (TPSA) is 102 Å². The highest BCUT2D eigenvalue weighted by atomic mass is 16.5. The lowest BCUT2D eigenvalue weighted by molar-refractivity contribution is -0.139. The van der Waals surface area contributed by atoms with E-state index in [1.807, 2.05) is 13.1 Å². The molecule has 2 aromatic rings. The molecule has 1 aliphatic rings. The fourth-order valence-corrected chi connectivity index (χ4v) is 2.38. The van der Waals surface area contributed by atoms with E-state index in [1.54, 1.807) is 15.8 Å². The summed E-state index contributed by atoms with van der Waals surface area (Å²) in [6, 6.07) is 1.93. The van der Waals surface area contributed by atoms with Gasteiger partial charge in [0.1, 0.15) is 6.10 Å². The molecule has 0 aromatic carbocycles.